The number of rotatable bonds is 9. The number of nitrogens with zero attached hydrogens (tertiary/aromatic N) is 1. The summed E-state index contributed by atoms with van der Waals surface area (Å²) in [6.07, 6.45) is -0.111. The molecule has 2 aromatic carbocycles. The third-order valence-electron chi connectivity index (χ3n) is 5.25. The van der Waals surface area contributed by atoms with Crippen LogP contribution in [0.15, 0.2) is 30.3 Å². The van der Waals surface area contributed by atoms with Crippen LogP contribution in [0.3, 0.4) is 0 Å². The van der Waals surface area contributed by atoms with Gasteiger partial charge in [-0.15, -0.1) is 0 Å². The number of thioether (sulfide) groups is 1. The molecule has 0 radical (unpaired) electrons. The molecular formula is C23H26FN3O6S. The van der Waals surface area contributed by atoms with Crippen LogP contribution in [0.4, 0.5) is 20.6 Å². The van der Waals surface area contributed by atoms with E-state index in [9.17, 15) is 23.9 Å². The fourth-order valence-corrected chi connectivity index (χ4v) is 4.29. The number of amides is 3. The fourth-order valence-electron chi connectivity index (χ4n) is 3.65. The summed E-state index contributed by atoms with van der Waals surface area (Å²) in [5.74, 6) is -0.443. The van der Waals surface area contributed by atoms with E-state index >= 15 is 0 Å². The van der Waals surface area contributed by atoms with Gasteiger partial charge in [-0.3, -0.25) is 19.8 Å². The second kappa shape index (κ2) is 11.1. The van der Waals surface area contributed by atoms with Crippen LogP contribution in [0, 0.1) is 5.82 Å². The number of aromatic hydroxyl groups is 1. The van der Waals surface area contributed by atoms with Crippen molar-refractivity contribution >= 4 is 41.0 Å². The zero-order valence-electron chi connectivity index (χ0n) is 19.0. The maximum absolute atomic E-state index is 14.7. The molecule has 0 aromatic heterocycles. The standard InChI is InChI=1S/C23H26FN3O6S/c1-4-34-11-5-10-25-21(29)19-14-7-9-17(32-2)20(28)18(14)22(30)27(19)13-6-8-16(15(24)12-13)26-23(31)33-3/h6-9,12,19,28H,4-5,10-11H2,1-3H3,(H,25,29)(H,26,31). The molecule has 2 aromatic rings. The predicted molar refractivity (Wildman–Crippen MR) is 127 cm³/mol. The van der Waals surface area contributed by atoms with Gasteiger partial charge in [0.2, 0.25) is 5.91 Å². The molecule has 0 bridgehead atoms. The number of phenolic OH excluding ortho intramolecular Hbond substituents is 1. The summed E-state index contributed by atoms with van der Waals surface area (Å²) in [5, 5.41) is 15.7. The minimum atomic E-state index is -1.13. The van der Waals surface area contributed by atoms with Gasteiger partial charge in [0, 0.05) is 17.8 Å². The van der Waals surface area contributed by atoms with E-state index in [4.69, 9.17) is 4.74 Å². The van der Waals surface area contributed by atoms with Gasteiger partial charge in [0.15, 0.2) is 11.5 Å². The van der Waals surface area contributed by atoms with Gasteiger partial charge in [-0.2, -0.15) is 11.8 Å². The van der Waals surface area contributed by atoms with Crippen molar-refractivity contribution in [3.05, 3.63) is 47.3 Å². The second-order valence-electron chi connectivity index (χ2n) is 7.28. The van der Waals surface area contributed by atoms with Crippen LogP contribution < -0.4 is 20.3 Å². The summed E-state index contributed by atoms with van der Waals surface area (Å²) >= 11 is 1.75. The van der Waals surface area contributed by atoms with Crippen LogP contribution in [-0.4, -0.2) is 55.3 Å². The number of nitrogens with one attached hydrogen (secondary N) is 2. The fraction of sp³-hybridized carbons (Fsp3) is 0.348. The molecular weight excluding hydrogens is 465 g/mol. The summed E-state index contributed by atoms with van der Waals surface area (Å²) in [7, 11) is 2.49. The maximum atomic E-state index is 14.7. The number of carbonyl (C=O) groups excluding carboxylic acids is 3. The van der Waals surface area contributed by atoms with E-state index < -0.39 is 35.5 Å². The molecule has 3 rings (SSSR count). The first-order valence-corrected chi connectivity index (χ1v) is 11.7. The molecule has 1 unspecified atom stereocenters. The highest BCUT2D eigenvalue weighted by Crippen LogP contribution is 2.45. The van der Waals surface area contributed by atoms with Crippen molar-refractivity contribution in [2.24, 2.45) is 0 Å². The number of phenols is 1. The summed E-state index contributed by atoms with van der Waals surface area (Å²) in [6, 6.07) is 5.55. The predicted octanol–water partition coefficient (Wildman–Crippen LogP) is 3.68. The third kappa shape index (κ3) is 5.04. The summed E-state index contributed by atoms with van der Waals surface area (Å²) in [5.41, 5.74) is 0.118. The number of methoxy groups -OCH3 is 2. The van der Waals surface area contributed by atoms with E-state index in [1.807, 2.05) is 6.92 Å². The Hall–Kier alpha value is -3.47. The molecule has 0 spiro atoms. The molecule has 1 aliphatic heterocycles. The van der Waals surface area contributed by atoms with Crippen molar-refractivity contribution in [2.75, 3.05) is 42.5 Å². The summed E-state index contributed by atoms with van der Waals surface area (Å²) < 4.78 is 24.3. The zero-order valence-corrected chi connectivity index (χ0v) is 19.8. The number of hydrogen-bond donors (Lipinski definition) is 3. The molecule has 34 heavy (non-hydrogen) atoms. The molecule has 0 saturated carbocycles. The van der Waals surface area contributed by atoms with Gasteiger partial charge in [0.05, 0.1) is 25.5 Å². The molecule has 11 heteroatoms. The number of anilines is 2. The van der Waals surface area contributed by atoms with E-state index in [-0.39, 0.29) is 28.3 Å². The highest BCUT2D eigenvalue weighted by molar-refractivity contribution is 7.99. The van der Waals surface area contributed by atoms with Gasteiger partial charge < -0.3 is 19.9 Å². The van der Waals surface area contributed by atoms with Gasteiger partial charge in [-0.1, -0.05) is 13.0 Å². The quantitative estimate of drug-likeness (QED) is 0.458. The van der Waals surface area contributed by atoms with Crippen LogP contribution >= 0.6 is 11.8 Å². The zero-order chi connectivity index (χ0) is 24.8. The molecule has 3 N–H and O–H groups in total. The minimum absolute atomic E-state index is 0.0773. The number of benzene rings is 2. The molecule has 0 fully saturated rings. The summed E-state index contributed by atoms with van der Waals surface area (Å²) in [6.45, 7) is 2.45. The normalized spacial score (nSPS) is 14.5. The lowest BCUT2D eigenvalue weighted by atomic mass is 10.0. The number of ether oxygens (including phenoxy) is 2. The Bertz CT molecular complexity index is 1100. The Kier molecular flexibility index (Phi) is 8.21. The Morgan fingerprint density at radius 2 is 2.00 bits per heavy atom. The molecule has 1 heterocycles. The van der Waals surface area contributed by atoms with Crippen LogP contribution in [0.1, 0.15) is 35.3 Å². The SMILES string of the molecule is CCSCCCNC(=O)C1c2ccc(OC)c(O)c2C(=O)N1c1ccc(NC(=O)OC)c(F)c1. The molecule has 182 valence electrons. The third-order valence-corrected chi connectivity index (χ3v) is 6.23. The lowest BCUT2D eigenvalue weighted by Gasteiger charge is -2.25. The maximum Gasteiger partial charge on any atom is 0.411 e. The van der Waals surface area contributed by atoms with Crippen LogP contribution in [0.2, 0.25) is 0 Å². The summed E-state index contributed by atoms with van der Waals surface area (Å²) in [4.78, 5) is 39.1. The second-order valence-corrected chi connectivity index (χ2v) is 8.67. The first kappa shape index (κ1) is 25.2. The Morgan fingerprint density at radius 3 is 2.65 bits per heavy atom. The molecule has 0 saturated heterocycles. The van der Waals surface area contributed by atoms with Crippen LogP contribution in [0.25, 0.3) is 0 Å². The first-order valence-electron chi connectivity index (χ1n) is 10.6. The van der Waals surface area contributed by atoms with Crippen molar-refractivity contribution < 1.29 is 33.4 Å². The number of halogens is 1. The highest BCUT2D eigenvalue weighted by atomic mass is 32.2. The average Bonchev–Trinajstić information content (AvgIpc) is 3.13. The van der Waals surface area contributed by atoms with Crippen LogP contribution in [-0.2, 0) is 9.53 Å². The topological polar surface area (TPSA) is 117 Å². The monoisotopic (exact) mass is 491 g/mol. The van der Waals surface area contributed by atoms with E-state index in [2.05, 4.69) is 15.4 Å². The highest BCUT2D eigenvalue weighted by Gasteiger charge is 2.44. The van der Waals surface area contributed by atoms with E-state index in [1.165, 1.54) is 31.4 Å². The Morgan fingerprint density at radius 1 is 1.24 bits per heavy atom. The Balaban J connectivity index is 1.97. The molecule has 1 aliphatic rings. The van der Waals surface area contributed by atoms with Crippen molar-refractivity contribution in [1.29, 1.82) is 0 Å². The van der Waals surface area contributed by atoms with E-state index in [1.54, 1.807) is 11.8 Å². The first-order chi connectivity index (χ1) is 16.3. The van der Waals surface area contributed by atoms with Gasteiger partial charge in [-0.25, -0.2) is 9.18 Å². The number of fused-ring (bicyclic) bond motifs is 1. The number of carbonyl (C=O) groups is 3. The Labute approximate surface area is 200 Å². The van der Waals surface area contributed by atoms with Crippen molar-refractivity contribution in [3.8, 4) is 11.5 Å². The smallest absolute Gasteiger partial charge is 0.411 e. The number of hydrogen-bond acceptors (Lipinski definition) is 7. The largest absolute Gasteiger partial charge is 0.504 e. The van der Waals surface area contributed by atoms with Crippen molar-refractivity contribution in [3.63, 3.8) is 0 Å². The lowest BCUT2D eigenvalue weighted by molar-refractivity contribution is -0.122. The van der Waals surface area contributed by atoms with Gasteiger partial charge in [0.25, 0.3) is 5.91 Å². The van der Waals surface area contributed by atoms with Crippen molar-refractivity contribution in [1.82, 2.24) is 5.32 Å². The molecule has 9 nitrogen and oxygen atoms in total. The average molecular weight is 492 g/mol. The lowest BCUT2D eigenvalue weighted by Crippen LogP contribution is -2.39. The van der Waals surface area contributed by atoms with Gasteiger partial charge >= 0.3 is 6.09 Å². The molecule has 3 amide bonds. The molecule has 0 aliphatic carbocycles. The minimum Gasteiger partial charge on any atom is -0.504 e. The van der Waals surface area contributed by atoms with Gasteiger partial charge in [-0.05, 0) is 42.2 Å². The molecule has 1 atom stereocenters. The van der Waals surface area contributed by atoms with E-state index in [0.717, 1.165) is 36.0 Å². The van der Waals surface area contributed by atoms with Gasteiger partial charge in [0.1, 0.15) is 11.9 Å². The van der Waals surface area contributed by atoms with E-state index in [0.29, 0.717) is 6.54 Å². The van der Waals surface area contributed by atoms with Crippen LogP contribution in [0.5, 0.6) is 11.5 Å². The van der Waals surface area contributed by atoms with Crippen molar-refractivity contribution in [2.45, 2.75) is 19.4 Å².